The molecule has 0 aromatic carbocycles. The average Bonchev–Trinajstić information content (AvgIpc) is 2.27. The van der Waals surface area contributed by atoms with Gasteiger partial charge in [0.1, 0.15) is 0 Å². The predicted molar refractivity (Wildman–Crippen MR) is 67.9 cm³/mol. The van der Waals surface area contributed by atoms with E-state index in [1.165, 1.54) is 0 Å². The zero-order chi connectivity index (χ0) is 13.6. The summed E-state index contributed by atoms with van der Waals surface area (Å²) in [6.45, 7) is 2.47. The van der Waals surface area contributed by atoms with Crippen LogP contribution in [-0.2, 0) is 4.74 Å². The van der Waals surface area contributed by atoms with Gasteiger partial charge in [-0.2, -0.15) is 0 Å². The summed E-state index contributed by atoms with van der Waals surface area (Å²) in [7, 11) is 1.59. The molecular weight excluding hydrogens is 240 g/mol. The van der Waals surface area contributed by atoms with Crippen molar-refractivity contribution in [1.82, 2.24) is 5.32 Å². The van der Waals surface area contributed by atoms with E-state index >= 15 is 0 Å². The number of halogens is 2. The average molecular weight is 263 g/mol. The second-order valence-electron chi connectivity index (χ2n) is 4.93. The van der Waals surface area contributed by atoms with Crippen molar-refractivity contribution >= 4 is 5.96 Å². The van der Waals surface area contributed by atoms with Crippen LogP contribution in [0.4, 0.5) is 8.78 Å². The van der Waals surface area contributed by atoms with E-state index in [1.807, 2.05) is 6.92 Å². The van der Waals surface area contributed by atoms with Crippen molar-refractivity contribution in [2.45, 2.75) is 44.6 Å². The third kappa shape index (κ3) is 4.76. The van der Waals surface area contributed by atoms with Crippen LogP contribution < -0.4 is 11.1 Å². The lowest BCUT2D eigenvalue weighted by Gasteiger charge is -2.30. The Bertz CT molecular complexity index is 284. The number of nitrogens with two attached hydrogens (primary N) is 1. The van der Waals surface area contributed by atoms with Crippen LogP contribution >= 0.6 is 0 Å². The Kier molecular flexibility index (Phi) is 5.78. The summed E-state index contributed by atoms with van der Waals surface area (Å²) in [4.78, 5) is 4.01. The van der Waals surface area contributed by atoms with Crippen LogP contribution in [0.1, 0.15) is 32.6 Å². The molecule has 0 aromatic rings. The van der Waals surface area contributed by atoms with Gasteiger partial charge in [-0.1, -0.05) is 6.42 Å². The molecule has 18 heavy (non-hydrogen) atoms. The Morgan fingerprint density at radius 2 is 2.28 bits per heavy atom. The first-order chi connectivity index (χ1) is 8.45. The lowest BCUT2D eigenvalue weighted by atomic mass is 9.86. The van der Waals surface area contributed by atoms with Gasteiger partial charge < -0.3 is 15.8 Å². The minimum absolute atomic E-state index is 0.0191. The fourth-order valence-corrected chi connectivity index (χ4v) is 2.19. The maximum Gasteiger partial charge on any atom is 0.252 e. The van der Waals surface area contributed by atoms with Gasteiger partial charge in [-0.15, -0.1) is 0 Å². The molecule has 0 radical (unpaired) electrons. The van der Waals surface area contributed by atoms with E-state index in [9.17, 15) is 8.78 Å². The molecule has 0 aliphatic heterocycles. The summed E-state index contributed by atoms with van der Waals surface area (Å²) in [5, 5.41) is 2.91. The summed E-state index contributed by atoms with van der Waals surface area (Å²) < 4.78 is 32.0. The van der Waals surface area contributed by atoms with Gasteiger partial charge in [0.2, 0.25) is 0 Å². The third-order valence-electron chi connectivity index (χ3n) is 3.20. The van der Waals surface area contributed by atoms with Crippen LogP contribution in [-0.4, -0.2) is 38.2 Å². The zero-order valence-electron chi connectivity index (χ0n) is 11.1. The SMILES string of the molecule is COCC(C)NC(N)=NCC1CCCCC1(F)F. The zero-order valence-corrected chi connectivity index (χ0v) is 11.1. The molecule has 2 atom stereocenters. The summed E-state index contributed by atoms with van der Waals surface area (Å²) in [6, 6.07) is 0.0191. The van der Waals surface area contributed by atoms with E-state index in [2.05, 4.69) is 10.3 Å². The molecule has 0 heterocycles. The minimum atomic E-state index is -2.60. The van der Waals surface area contributed by atoms with Gasteiger partial charge >= 0.3 is 0 Å². The number of rotatable bonds is 5. The van der Waals surface area contributed by atoms with Gasteiger partial charge in [0, 0.05) is 25.5 Å². The van der Waals surface area contributed by atoms with Crippen LogP contribution in [0.25, 0.3) is 0 Å². The fourth-order valence-electron chi connectivity index (χ4n) is 2.19. The van der Waals surface area contributed by atoms with E-state index in [4.69, 9.17) is 10.5 Å². The van der Waals surface area contributed by atoms with E-state index in [0.717, 1.165) is 6.42 Å². The molecule has 106 valence electrons. The lowest BCUT2D eigenvalue weighted by molar-refractivity contribution is -0.0814. The van der Waals surface area contributed by atoms with Gasteiger partial charge in [0.15, 0.2) is 5.96 Å². The number of hydrogen-bond donors (Lipinski definition) is 2. The minimum Gasteiger partial charge on any atom is -0.383 e. The van der Waals surface area contributed by atoms with Gasteiger partial charge in [-0.05, 0) is 19.8 Å². The van der Waals surface area contributed by atoms with E-state index < -0.39 is 11.8 Å². The van der Waals surface area contributed by atoms with Crippen molar-refractivity contribution in [3.8, 4) is 0 Å². The molecule has 3 N–H and O–H groups in total. The van der Waals surface area contributed by atoms with Crippen LogP contribution in [0.3, 0.4) is 0 Å². The molecule has 0 aromatic heterocycles. The van der Waals surface area contributed by atoms with Crippen molar-refractivity contribution in [3.05, 3.63) is 0 Å². The normalized spacial score (nSPS) is 25.8. The Balaban J connectivity index is 2.41. The van der Waals surface area contributed by atoms with Crippen LogP contribution in [0.5, 0.6) is 0 Å². The highest BCUT2D eigenvalue weighted by atomic mass is 19.3. The molecular formula is C12H23F2N3O. The van der Waals surface area contributed by atoms with E-state index in [1.54, 1.807) is 7.11 Å². The van der Waals surface area contributed by atoms with Crippen molar-refractivity contribution < 1.29 is 13.5 Å². The monoisotopic (exact) mass is 263 g/mol. The highest BCUT2D eigenvalue weighted by molar-refractivity contribution is 5.78. The molecule has 1 fully saturated rings. The maximum atomic E-state index is 13.6. The molecule has 1 saturated carbocycles. The maximum absolute atomic E-state index is 13.6. The van der Waals surface area contributed by atoms with Crippen molar-refractivity contribution in [2.24, 2.45) is 16.6 Å². The van der Waals surface area contributed by atoms with Crippen LogP contribution in [0.2, 0.25) is 0 Å². The molecule has 0 amide bonds. The van der Waals surface area contributed by atoms with Crippen LogP contribution in [0.15, 0.2) is 4.99 Å². The Morgan fingerprint density at radius 3 is 2.89 bits per heavy atom. The number of nitrogens with zero attached hydrogens (tertiary/aromatic N) is 1. The number of ether oxygens (including phenoxy) is 1. The van der Waals surface area contributed by atoms with Crippen molar-refractivity contribution in [1.29, 1.82) is 0 Å². The Morgan fingerprint density at radius 1 is 1.56 bits per heavy atom. The number of aliphatic imine (C=N–C) groups is 1. The first-order valence-corrected chi connectivity index (χ1v) is 6.39. The summed E-state index contributed by atoms with van der Waals surface area (Å²) in [5.74, 6) is -3.06. The molecule has 0 bridgehead atoms. The molecule has 0 saturated heterocycles. The van der Waals surface area contributed by atoms with Crippen LogP contribution in [0, 0.1) is 5.92 Å². The van der Waals surface area contributed by atoms with Gasteiger partial charge in [-0.3, -0.25) is 4.99 Å². The Labute approximate surface area is 107 Å². The molecule has 6 heteroatoms. The summed E-state index contributed by atoms with van der Waals surface area (Å²) in [6.07, 6.45) is 1.95. The summed E-state index contributed by atoms with van der Waals surface area (Å²) in [5.41, 5.74) is 5.65. The first-order valence-electron chi connectivity index (χ1n) is 6.39. The number of guanidine groups is 1. The standard InChI is InChI=1S/C12H23F2N3O/c1-9(8-18-2)17-11(15)16-7-10-5-3-4-6-12(10,13)14/h9-10H,3-8H2,1-2H3,(H3,15,16,17). The smallest absolute Gasteiger partial charge is 0.252 e. The quantitative estimate of drug-likeness (QED) is 0.587. The van der Waals surface area contributed by atoms with E-state index in [-0.39, 0.29) is 25.0 Å². The fraction of sp³-hybridized carbons (Fsp3) is 0.917. The molecule has 4 nitrogen and oxygen atoms in total. The lowest BCUT2D eigenvalue weighted by Crippen LogP contribution is -2.41. The van der Waals surface area contributed by atoms with Gasteiger partial charge in [-0.25, -0.2) is 8.78 Å². The summed E-state index contributed by atoms with van der Waals surface area (Å²) >= 11 is 0. The third-order valence-corrected chi connectivity index (χ3v) is 3.20. The van der Waals surface area contributed by atoms with E-state index in [0.29, 0.717) is 19.4 Å². The van der Waals surface area contributed by atoms with Crippen molar-refractivity contribution in [2.75, 3.05) is 20.3 Å². The molecule has 2 unspecified atom stereocenters. The number of hydrogen-bond acceptors (Lipinski definition) is 2. The molecule has 1 aliphatic carbocycles. The highest BCUT2D eigenvalue weighted by Gasteiger charge is 2.40. The number of methoxy groups -OCH3 is 1. The first kappa shape index (κ1) is 15.1. The highest BCUT2D eigenvalue weighted by Crippen LogP contribution is 2.38. The number of alkyl halides is 2. The largest absolute Gasteiger partial charge is 0.383 e. The molecule has 1 aliphatic rings. The van der Waals surface area contributed by atoms with Gasteiger partial charge in [0.25, 0.3) is 5.92 Å². The predicted octanol–water partition coefficient (Wildman–Crippen LogP) is 1.75. The van der Waals surface area contributed by atoms with Gasteiger partial charge in [0.05, 0.1) is 13.2 Å². The number of nitrogens with one attached hydrogen (secondary N) is 1. The Hall–Kier alpha value is -0.910. The van der Waals surface area contributed by atoms with Crippen molar-refractivity contribution in [3.63, 3.8) is 0 Å². The topological polar surface area (TPSA) is 59.6 Å². The second-order valence-corrected chi connectivity index (χ2v) is 4.93. The second kappa shape index (κ2) is 6.87. The molecule has 0 spiro atoms. The molecule has 1 rings (SSSR count).